The van der Waals surface area contributed by atoms with E-state index in [1.807, 2.05) is 6.07 Å². The van der Waals surface area contributed by atoms with Crippen LogP contribution in [0.1, 0.15) is 29.5 Å². The van der Waals surface area contributed by atoms with Crippen LogP contribution in [0, 0.1) is 17.1 Å². The van der Waals surface area contributed by atoms with Crippen LogP contribution in [0.4, 0.5) is 4.39 Å². The van der Waals surface area contributed by atoms with Crippen molar-refractivity contribution < 1.29 is 19.1 Å². The van der Waals surface area contributed by atoms with E-state index in [9.17, 15) is 19.1 Å². The summed E-state index contributed by atoms with van der Waals surface area (Å²) in [6, 6.07) is 14.3. The Hall–Kier alpha value is -3.56. The molecule has 2 aromatic rings. The Balaban J connectivity index is 1.94. The lowest BCUT2D eigenvalue weighted by Crippen LogP contribution is -2.40. The van der Waals surface area contributed by atoms with Gasteiger partial charge in [0, 0.05) is 17.1 Å². The Labute approximate surface area is 168 Å². The fraction of sp³-hybridized carbons (Fsp3) is 0.174. The van der Waals surface area contributed by atoms with Crippen LogP contribution in [0.15, 0.2) is 72.3 Å². The van der Waals surface area contributed by atoms with E-state index in [1.165, 1.54) is 18.2 Å². The van der Waals surface area contributed by atoms with Gasteiger partial charge in [0.2, 0.25) is 0 Å². The summed E-state index contributed by atoms with van der Waals surface area (Å²) < 4.78 is 13.4. The molecule has 0 saturated carbocycles. The first-order valence-electron chi connectivity index (χ1n) is 9.00. The number of aliphatic hydroxyl groups excluding tert-OH is 1. The van der Waals surface area contributed by atoms with Crippen LogP contribution < -0.4 is 0 Å². The van der Waals surface area contributed by atoms with Crippen LogP contribution in [0.25, 0.3) is 0 Å². The molecular formula is C23H19FN2O3. The Morgan fingerprint density at radius 2 is 1.66 bits per heavy atom. The molecule has 5 nitrogen and oxygen atoms in total. The third kappa shape index (κ3) is 3.86. The van der Waals surface area contributed by atoms with Crippen molar-refractivity contribution in [1.82, 2.24) is 4.90 Å². The number of benzene rings is 2. The lowest BCUT2D eigenvalue weighted by atomic mass is 9.86. The molecule has 1 aliphatic heterocycles. The van der Waals surface area contributed by atoms with Gasteiger partial charge in [-0.15, -0.1) is 0 Å². The maximum atomic E-state index is 13.4. The third-order valence-electron chi connectivity index (χ3n) is 5.03. The van der Waals surface area contributed by atoms with Crippen LogP contribution in [-0.2, 0) is 9.59 Å². The minimum atomic E-state index is -1.14. The van der Waals surface area contributed by atoms with Gasteiger partial charge in [-0.25, -0.2) is 4.39 Å². The van der Waals surface area contributed by atoms with Gasteiger partial charge >= 0.3 is 0 Å². The molecule has 0 spiro atoms. The molecule has 1 N–H and O–H groups in total. The van der Waals surface area contributed by atoms with E-state index >= 15 is 0 Å². The normalized spacial score (nSPS) is 16.0. The van der Waals surface area contributed by atoms with E-state index in [0.29, 0.717) is 16.7 Å². The summed E-state index contributed by atoms with van der Waals surface area (Å²) in [5, 5.41) is 20.0. The minimum absolute atomic E-state index is 0.221. The molecule has 6 heteroatoms. The molecule has 1 heterocycles. The van der Waals surface area contributed by atoms with Gasteiger partial charge in [0.25, 0.3) is 11.8 Å². The number of amides is 2. The summed E-state index contributed by atoms with van der Waals surface area (Å²) in [7, 11) is 0. The molecule has 1 aliphatic rings. The summed E-state index contributed by atoms with van der Waals surface area (Å²) in [5.41, 5.74) is 2.27. The predicted octanol–water partition coefficient (Wildman–Crippen LogP) is 3.06. The number of β-amino-alcohol motifs (C(OH)–C–C–N with tert-alkyl or cyclic N) is 1. The number of nitriles is 1. The molecule has 0 unspecified atom stereocenters. The van der Waals surface area contributed by atoms with Crippen molar-refractivity contribution in [3.05, 3.63) is 94.8 Å². The van der Waals surface area contributed by atoms with Gasteiger partial charge in [0.15, 0.2) is 0 Å². The maximum absolute atomic E-state index is 13.4. The van der Waals surface area contributed by atoms with Gasteiger partial charge in [0.1, 0.15) is 5.82 Å². The Morgan fingerprint density at radius 3 is 2.14 bits per heavy atom. The van der Waals surface area contributed by atoms with Crippen LogP contribution in [0.5, 0.6) is 0 Å². The van der Waals surface area contributed by atoms with Crippen molar-refractivity contribution in [3.8, 4) is 6.07 Å². The molecule has 29 heavy (non-hydrogen) atoms. The standard InChI is InChI=1S/C23H19FN2O3/c1-3-19-14(2)22(28)26(23(19)29)13-20(27)21(17-8-10-18(24)11-9-17)16-6-4-15(12-25)5-7-16/h3-11,20-21,27H,1,13H2,2H3/t20-,21+/m0/s1. The zero-order valence-electron chi connectivity index (χ0n) is 15.8. The highest BCUT2D eigenvalue weighted by Crippen LogP contribution is 2.31. The second-order valence-electron chi connectivity index (χ2n) is 6.79. The smallest absolute Gasteiger partial charge is 0.261 e. The SMILES string of the molecule is C=CC1=C(C)C(=O)N(C[C@H](O)[C@@H](c2ccc(F)cc2)c2ccc(C#N)cc2)C1=O. The summed E-state index contributed by atoms with van der Waals surface area (Å²) >= 11 is 0. The number of nitrogens with zero attached hydrogens (tertiary/aromatic N) is 2. The van der Waals surface area contributed by atoms with Crippen LogP contribution in [0.3, 0.4) is 0 Å². The molecule has 146 valence electrons. The van der Waals surface area contributed by atoms with Crippen molar-refractivity contribution in [2.24, 2.45) is 0 Å². The van der Waals surface area contributed by atoms with Gasteiger partial charge in [-0.3, -0.25) is 14.5 Å². The van der Waals surface area contributed by atoms with E-state index in [2.05, 4.69) is 6.58 Å². The van der Waals surface area contributed by atoms with Crippen LogP contribution >= 0.6 is 0 Å². The van der Waals surface area contributed by atoms with E-state index in [0.717, 1.165) is 4.90 Å². The first-order valence-corrected chi connectivity index (χ1v) is 9.00. The molecular weight excluding hydrogens is 371 g/mol. The topological polar surface area (TPSA) is 81.4 Å². The summed E-state index contributed by atoms with van der Waals surface area (Å²) in [5.74, 6) is -2.01. The van der Waals surface area contributed by atoms with Crippen molar-refractivity contribution in [3.63, 3.8) is 0 Å². The summed E-state index contributed by atoms with van der Waals surface area (Å²) in [4.78, 5) is 25.9. The molecule has 2 aromatic carbocycles. The van der Waals surface area contributed by atoms with Gasteiger partial charge < -0.3 is 5.11 Å². The van der Waals surface area contributed by atoms with E-state index in [1.54, 1.807) is 43.3 Å². The number of rotatable bonds is 6. The highest BCUT2D eigenvalue weighted by molar-refractivity contribution is 6.20. The number of carbonyl (C=O) groups is 2. The third-order valence-corrected chi connectivity index (χ3v) is 5.03. The highest BCUT2D eigenvalue weighted by Gasteiger charge is 2.37. The molecule has 0 aromatic heterocycles. The molecule has 0 saturated heterocycles. The summed E-state index contributed by atoms with van der Waals surface area (Å²) in [6.07, 6.45) is 0.193. The molecule has 0 bridgehead atoms. The van der Waals surface area contributed by atoms with Gasteiger partial charge in [-0.1, -0.05) is 36.9 Å². The molecule has 2 amide bonds. The number of halogens is 1. The zero-order chi connectivity index (χ0) is 21.1. The molecule has 3 rings (SSSR count). The lowest BCUT2D eigenvalue weighted by molar-refractivity contribution is -0.139. The average molecular weight is 390 g/mol. The zero-order valence-corrected chi connectivity index (χ0v) is 15.8. The van der Waals surface area contributed by atoms with Gasteiger partial charge in [-0.05, 0) is 42.3 Å². The second-order valence-corrected chi connectivity index (χ2v) is 6.79. The van der Waals surface area contributed by atoms with Crippen molar-refractivity contribution in [1.29, 1.82) is 5.26 Å². The fourth-order valence-electron chi connectivity index (χ4n) is 3.49. The van der Waals surface area contributed by atoms with Gasteiger partial charge in [0.05, 0.1) is 24.3 Å². The number of hydrogen-bond donors (Lipinski definition) is 1. The minimum Gasteiger partial charge on any atom is -0.390 e. The van der Waals surface area contributed by atoms with E-state index in [4.69, 9.17) is 5.26 Å². The van der Waals surface area contributed by atoms with Crippen molar-refractivity contribution in [2.75, 3.05) is 6.54 Å². The van der Waals surface area contributed by atoms with Crippen molar-refractivity contribution in [2.45, 2.75) is 18.9 Å². The maximum Gasteiger partial charge on any atom is 0.261 e. The first-order chi connectivity index (χ1) is 13.9. The number of aliphatic hydroxyl groups is 1. The largest absolute Gasteiger partial charge is 0.390 e. The molecule has 0 aliphatic carbocycles. The Kier molecular flexibility index (Phi) is 5.71. The Bertz CT molecular complexity index is 1030. The number of carbonyl (C=O) groups excluding carboxylic acids is 2. The number of imide groups is 1. The van der Waals surface area contributed by atoms with Gasteiger partial charge in [-0.2, -0.15) is 5.26 Å². The monoisotopic (exact) mass is 390 g/mol. The molecule has 0 radical (unpaired) electrons. The van der Waals surface area contributed by atoms with E-state index in [-0.39, 0.29) is 17.7 Å². The first kappa shape index (κ1) is 20.2. The van der Waals surface area contributed by atoms with Crippen LogP contribution in [0.2, 0.25) is 0 Å². The summed E-state index contributed by atoms with van der Waals surface area (Å²) in [6.45, 7) is 4.88. The molecule has 2 atom stereocenters. The van der Waals surface area contributed by atoms with E-state index < -0.39 is 29.7 Å². The fourth-order valence-corrected chi connectivity index (χ4v) is 3.49. The highest BCUT2D eigenvalue weighted by atomic mass is 19.1. The Morgan fingerprint density at radius 1 is 1.10 bits per heavy atom. The predicted molar refractivity (Wildman–Crippen MR) is 105 cm³/mol. The lowest BCUT2D eigenvalue weighted by Gasteiger charge is -2.27. The van der Waals surface area contributed by atoms with Crippen LogP contribution in [-0.4, -0.2) is 34.5 Å². The number of hydrogen-bond acceptors (Lipinski definition) is 4. The van der Waals surface area contributed by atoms with Crippen molar-refractivity contribution >= 4 is 11.8 Å². The molecule has 0 fully saturated rings. The average Bonchev–Trinajstić information content (AvgIpc) is 2.93. The quantitative estimate of drug-likeness (QED) is 0.769. The second kappa shape index (κ2) is 8.21.